The Kier molecular flexibility index (Phi) is 10.1. The molecule has 2 fully saturated rings. The van der Waals surface area contributed by atoms with Crippen molar-refractivity contribution in [3.63, 3.8) is 0 Å². The Labute approximate surface area is 286 Å². The zero-order valence-corrected chi connectivity index (χ0v) is 28.7. The van der Waals surface area contributed by atoms with Gasteiger partial charge in [0.1, 0.15) is 36.6 Å². The van der Waals surface area contributed by atoms with Crippen molar-refractivity contribution < 1.29 is 80.5 Å². The molecule has 31 heteroatoms. The highest BCUT2D eigenvalue weighted by atomic mass is 31.3. The Bertz CT molecular complexity index is 2280. The number of hydrogen-bond donors (Lipinski definition) is 11. The van der Waals surface area contributed by atoms with E-state index in [1.807, 2.05) is 0 Å². The zero-order valence-electron chi connectivity index (χ0n) is 26.0. The van der Waals surface area contributed by atoms with Crippen LogP contribution in [0.15, 0.2) is 22.2 Å². The quantitative estimate of drug-likeness (QED) is 0.0474. The Morgan fingerprint density at radius 2 is 1.40 bits per heavy atom. The lowest BCUT2D eigenvalue weighted by Gasteiger charge is -2.21. The summed E-state index contributed by atoms with van der Waals surface area (Å²) >= 11 is 0. The fourth-order valence-electron chi connectivity index (χ4n) is 5.44. The Balaban J connectivity index is 1.05. The molecule has 6 rings (SSSR count). The molecule has 0 saturated carbocycles. The molecule has 0 aromatic carbocycles. The highest BCUT2D eigenvalue weighted by Crippen LogP contribution is 2.67. The number of nitrogens with zero attached hydrogens (tertiary/aromatic N) is 6. The molecule has 4 aromatic heterocycles. The van der Waals surface area contributed by atoms with Gasteiger partial charge in [-0.05, 0) is 0 Å². The molecule has 2 aliphatic heterocycles. The number of H-pyrrole nitrogens is 2. The van der Waals surface area contributed by atoms with E-state index < -0.39 is 96.9 Å². The van der Waals surface area contributed by atoms with Gasteiger partial charge >= 0.3 is 29.1 Å². The molecule has 52 heavy (non-hydrogen) atoms. The molecule has 13 N–H and O–H groups in total. The van der Waals surface area contributed by atoms with Crippen molar-refractivity contribution in [3.8, 4) is 0 Å². The summed E-state index contributed by atoms with van der Waals surface area (Å²) in [7, 11) is -15.9. The minimum atomic E-state index is -6.00. The number of nitrogens with one attached hydrogen (secondary N) is 2. The average molecular weight is 803 g/mol. The lowest BCUT2D eigenvalue weighted by molar-refractivity contribution is -0.745. The topological polar surface area (TPSA) is 418 Å². The van der Waals surface area contributed by atoms with Gasteiger partial charge in [0.25, 0.3) is 17.1 Å². The number of rotatable bonds is 12. The highest BCUT2D eigenvalue weighted by molar-refractivity contribution is 7.66. The van der Waals surface area contributed by atoms with Gasteiger partial charge in [-0.25, -0.2) is 23.2 Å². The van der Waals surface area contributed by atoms with Gasteiger partial charge in [0.05, 0.1) is 26.6 Å². The van der Waals surface area contributed by atoms with Gasteiger partial charge in [-0.15, -0.1) is 0 Å². The Hall–Kier alpha value is -3.53. The first kappa shape index (κ1) is 38.2. The van der Waals surface area contributed by atoms with E-state index in [0.717, 1.165) is 15.5 Å². The SMILES string of the molecule is Cn1c[n+]([C@H]2O[C@@H](COP(=O)(O)OP(=O)(O)OP(=O)(O)OC[C@H]3O[C@@H](n4cnc5c(=O)[nH]c(N)nc54)[C@H](O)[C@@H]3O)[C@H](O)[C@@H]2O)c2nc(N)[nH]c(=O)c21. The molecular formula is C21H30N10O18P3+. The van der Waals surface area contributed by atoms with Crippen LogP contribution in [0.2, 0.25) is 0 Å². The minimum Gasteiger partial charge on any atom is -0.387 e. The van der Waals surface area contributed by atoms with Crippen molar-refractivity contribution in [3.05, 3.63) is 33.4 Å². The summed E-state index contributed by atoms with van der Waals surface area (Å²) in [6.45, 7) is -2.18. The second-order valence-electron chi connectivity index (χ2n) is 11.3. The van der Waals surface area contributed by atoms with Crippen LogP contribution in [0.5, 0.6) is 0 Å². The highest BCUT2D eigenvalue weighted by Gasteiger charge is 2.50. The maximum Gasteiger partial charge on any atom is 0.490 e. The van der Waals surface area contributed by atoms with Gasteiger partial charge in [0, 0.05) is 0 Å². The van der Waals surface area contributed by atoms with Gasteiger partial charge in [0.15, 0.2) is 23.7 Å². The maximum atomic E-state index is 12.5. The van der Waals surface area contributed by atoms with Crippen LogP contribution in [0.25, 0.3) is 22.3 Å². The third-order valence-corrected chi connectivity index (χ3v) is 11.9. The number of anilines is 2. The van der Waals surface area contributed by atoms with Crippen LogP contribution in [0.4, 0.5) is 11.9 Å². The Morgan fingerprint density at radius 1 is 0.846 bits per heavy atom. The lowest BCUT2D eigenvalue weighted by Crippen LogP contribution is -2.46. The van der Waals surface area contributed by atoms with E-state index in [-0.39, 0.29) is 34.2 Å². The first-order valence-corrected chi connectivity index (χ1v) is 18.9. The molecule has 0 amide bonds. The monoisotopic (exact) mass is 803 g/mol. The van der Waals surface area contributed by atoms with E-state index in [1.165, 1.54) is 17.9 Å². The second-order valence-corrected chi connectivity index (χ2v) is 15.9. The average Bonchev–Trinajstić information content (AvgIpc) is 3.74. The number of ether oxygens (including phenoxy) is 2. The molecule has 0 bridgehead atoms. The molecule has 6 heterocycles. The number of aromatic nitrogens is 8. The number of fused-ring (bicyclic) bond motifs is 2. The third kappa shape index (κ3) is 7.46. The number of aliphatic hydroxyl groups excluding tert-OH is 4. The van der Waals surface area contributed by atoms with Gasteiger partial charge in [-0.3, -0.25) is 37.7 Å². The largest absolute Gasteiger partial charge is 0.490 e. The van der Waals surface area contributed by atoms with Crippen LogP contribution in [-0.2, 0) is 47.9 Å². The number of nitrogen functional groups attached to an aromatic ring is 2. The number of aromatic amines is 2. The lowest BCUT2D eigenvalue weighted by atomic mass is 10.1. The van der Waals surface area contributed by atoms with Crippen molar-refractivity contribution in [2.75, 3.05) is 24.7 Å². The number of hydrogen-bond acceptors (Lipinski definition) is 20. The van der Waals surface area contributed by atoms with E-state index in [9.17, 15) is 58.4 Å². The predicted octanol–water partition coefficient (Wildman–Crippen LogP) is -4.55. The van der Waals surface area contributed by atoms with Crippen molar-refractivity contribution in [2.45, 2.75) is 49.1 Å². The fraction of sp³-hybridized carbons (Fsp3) is 0.524. The van der Waals surface area contributed by atoms with Crippen LogP contribution < -0.4 is 27.2 Å². The maximum absolute atomic E-state index is 12.5. The molecule has 0 aliphatic carbocycles. The summed E-state index contributed by atoms with van der Waals surface area (Å²) in [4.78, 5) is 70.6. The van der Waals surface area contributed by atoms with E-state index >= 15 is 0 Å². The minimum absolute atomic E-state index is 0.00983. The summed E-state index contributed by atoms with van der Waals surface area (Å²) < 4.78 is 69.1. The molecule has 11 atom stereocenters. The third-order valence-electron chi connectivity index (χ3n) is 7.68. The molecular weight excluding hydrogens is 773 g/mol. The summed E-state index contributed by atoms with van der Waals surface area (Å²) in [6.07, 6.45) is -11.0. The molecule has 28 nitrogen and oxygen atoms in total. The van der Waals surface area contributed by atoms with Crippen LogP contribution >= 0.6 is 23.5 Å². The normalized spacial score (nSPS) is 30.1. The number of nitrogens with two attached hydrogens (primary N) is 2. The summed E-state index contributed by atoms with van der Waals surface area (Å²) in [5, 5.41) is 42.0. The van der Waals surface area contributed by atoms with Crippen LogP contribution in [0.1, 0.15) is 12.5 Å². The van der Waals surface area contributed by atoms with Crippen molar-refractivity contribution in [2.24, 2.45) is 7.05 Å². The Morgan fingerprint density at radius 3 is 2.04 bits per heavy atom. The number of aliphatic hydroxyl groups is 4. The van der Waals surface area contributed by atoms with Crippen molar-refractivity contribution in [1.82, 2.24) is 34.1 Å². The summed E-state index contributed by atoms with van der Waals surface area (Å²) in [5.41, 5.74) is 9.37. The van der Waals surface area contributed by atoms with Crippen LogP contribution in [-0.4, -0.2) is 119 Å². The molecule has 3 unspecified atom stereocenters. The first-order valence-electron chi connectivity index (χ1n) is 14.4. The van der Waals surface area contributed by atoms with E-state index in [1.54, 1.807) is 0 Å². The van der Waals surface area contributed by atoms with Gasteiger partial charge in [-0.1, -0.05) is 4.98 Å². The van der Waals surface area contributed by atoms with E-state index in [0.29, 0.717) is 0 Å². The second kappa shape index (κ2) is 13.7. The predicted molar refractivity (Wildman–Crippen MR) is 164 cm³/mol. The first-order chi connectivity index (χ1) is 24.2. The zero-order chi connectivity index (χ0) is 38.1. The van der Waals surface area contributed by atoms with E-state index in [4.69, 9.17) is 20.9 Å². The smallest absolute Gasteiger partial charge is 0.387 e. The van der Waals surface area contributed by atoms with Crippen molar-refractivity contribution >= 4 is 57.7 Å². The molecule has 2 aliphatic rings. The number of imidazole rings is 2. The van der Waals surface area contributed by atoms with E-state index in [2.05, 4.69) is 42.6 Å². The van der Waals surface area contributed by atoms with Crippen LogP contribution in [0, 0.1) is 0 Å². The number of aryl methyl sites for hydroxylation is 1. The van der Waals surface area contributed by atoms with Crippen LogP contribution in [0.3, 0.4) is 0 Å². The van der Waals surface area contributed by atoms with Gasteiger partial charge < -0.3 is 56.0 Å². The van der Waals surface area contributed by atoms with Gasteiger partial charge in [-0.2, -0.15) is 13.6 Å². The summed E-state index contributed by atoms with van der Waals surface area (Å²) in [6, 6.07) is 0. The molecule has 0 radical (unpaired) electrons. The molecule has 0 spiro atoms. The fourth-order valence-corrected chi connectivity index (χ4v) is 8.96. The number of phosphoric ester groups is 2. The van der Waals surface area contributed by atoms with Gasteiger partial charge in [0.2, 0.25) is 17.7 Å². The summed E-state index contributed by atoms with van der Waals surface area (Å²) in [5.74, 6) is -0.590. The van der Waals surface area contributed by atoms with Crippen molar-refractivity contribution in [1.29, 1.82) is 0 Å². The number of phosphoric acid groups is 3. The molecule has 286 valence electrons. The molecule has 2 saturated heterocycles. The molecule has 4 aromatic rings. The standard InChI is InChI=1S/C21H29N10O18P3/c1-29-5-31(15-9(29)17(37)28-21(23)26-15)19-13(35)11(33)7(47-19)3-45-51(40,41)49-52(42,43)48-50(38,39)44-2-6-10(32)12(34)18(46-6)30-4-24-8-14(30)25-20(22)27-16(8)36/h4-7,10-13,18-19,32-35H,2-3H2,1H3,(H8-,22,23,25,26,27,28,36,37,38,39,40,41,42,43)/p+1/t6-,7+,10-,11+,12-,13+,18-,19+/m1/s1.